The van der Waals surface area contributed by atoms with Crippen LogP contribution in [0.4, 0.5) is 0 Å². The van der Waals surface area contributed by atoms with Crippen molar-refractivity contribution in [3.05, 3.63) is 36.0 Å². The van der Waals surface area contributed by atoms with Crippen molar-refractivity contribution in [2.24, 2.45) is 0 Å². The Hall–Kier alpha value is -1.63. The fourth-order valence-electron chi connectivity index (χ4n) is 2.49. The second-order valence-corrected chi connectivity index (χ2v) is 12.8. The molecule has 2 aromatic rings. The third-order valence-electron chi connectivity index (χ3n) is 4.54. The molecule has 0 saturated heterocycles. The normalized spacial score (nSPS) is 14.8. The lowest BCUT2D eigenvalue weighted by Crippen LogP contribution is -2.48. The minimum Gasteiger partial charge on any atom is -0.468 e. The summed E-state index contributed by atoms with van der Waals surface area (Å²) in [5.74, 6) is -0.287. The van der Waals surface area contributed by atoms with Gasteiger partial charge in [0.15, 0.2) is 0 Å². The van der Waals surface area contributed by atoms with Gasteiger partial charge in [0, 0.05) is 30.6 Å². The minimum absolute atomic E-state index is 0.109. The monoisotopic (exact) mass is 348 g/mol. The Morgan fingerprint density at radius 3 is 2.58 bits per heavy atom. The summed E-state index contributed by atoms with van der Waals surface area (Å²) in [5.41, 5.74) is 2.25. The summed E-state index contributed by atoms with van der Waals surface area (Å²) in [4.78, 5) is 21.6. The first-order chi connectivity index (χ1) is 11.2. The highest BCUT2D eigenvalue weighted by molar-refractivity contribution is 6.77. The van der Waals surface area contributed by atoms with Crippen LogP contribution in [0.3, 0.4) is 0 Å². The Bertz CT molecular complexity index is 693. The smallest absolute Gasteiger partial charge is 0.325 e. The molecule has 1 aromatic carbocycles. The summed E-state index contributed by atoms with van der Waals surface area (Å²) < 4.78 is 5.00. The molecule has 0 aliphatic rings. The average molecular weight is 349 g/mol. The van der Waals surface area contributed by atoms with E-state index in [1.807, 2.05) is 31.4 Å². The number of methoxy groups -OCH3 is 1. The Labute approximate surface area is 144 Å². The van der Waals surface area contributed by atoms with Crippen molar-refractivity contribution in [3.8, 4) is 0 Å². The van der Waals surface area contributed by atoms with Gasteiger partial charge in [0.05, 0.1) is 20.9 Å². The van der Waals surface area contributed by atoms with E-state index >= 15 is 0 Å². The number of likely N-dealkylation sites (N-methyl/N-ethyl adjacent to an activating group) is 1. The molecule has 1 unspecified atom stereocenters. The fourth-order valence-corrected chi connectivity index (χ4v) is 2.97. The lowest BCUT2D eigenvalue weighted by atomic mass is 10.1. The molecule has 1 aromatic heterocycles. The standard InChI is InChI=1S/C18H28N2O3Si/c1-13(24(4,5)6)23-20(2)17(18(21)22-3)11-14-12-19-16-10-8-7-9-15(14)16/h7-10,12-13,17,19H,11H2,1-6H3/t13?,17-/m0/s1. The number of nitrogens with one attached hydrogen (secondary N) is 1. The third kappa shape index (κ3) is 4.26. The quantitative estimate of drug-likeness (QED) is 0.473. The van der Waals surface area contributed by atoms with Crippen molar-refractivity contribution in [2.75, 3.05) is 14.2 Å². The molecule has 0 saturated carbocycles. The number of carbonyl (C=O) groups is 1. The van der Waals surface area contributed by atoms with Crippen LogP contribution < -0.4 is 0 Å². The average Bonchev–Trinajstić information content (AvgIpc) is 2.94. The molecule has 0 aliphatic carbocycles. The lowest BCUT2D eigenvalue weighted by molar-refractivity contribution is -0.196. The predicted molar refractivity (Wildman–Crippen MR) is 99.5 cm³/mol. The van der Waals surface area contributed by atoms with Crippen LogP contribution in [0.1, 0.15) is 12.5 Å². The molecular weight excluding hydrogens is 320 g/mol. The number of benzene rings is 1. The minimum atomic E-state index is -1.46. The highest BCUT2D eigenvalue weighted by Crippen LogP contribution is 2.22. The maximum absolute atomic E-state index is 12.3. The first-order valence-corrected chi connectivity index (χ1v) is 11.8. The van der Waals surface area contributed by atoms with E-state index in [4.69, 9.17) is 9.57 Å². The molecular formula is C18H28N2O3Si. The fraction of sp³-hybridized carbons (Fsp3) is 0.500. The summed E-state index contributed by atoms with van der Waals surface area (Å²) in [6.07, 6.45) is 2.49. The zero-order chi connectivity index (χ0) is 17.9. The van der Waals surface area contributed by atoms with Crippen molar-refractivity contribution in [3.63, 3.8) is 0 Å². The summed E-state index contributed by atoms with van der Waals surface area (Å²) >= 11 is 0. The van der Waals surface area contributed by atoms with Gasteiger partial charge < -0.3 is 9.72 Å². The van der Waals surface area contributed by atoms with E-state index in [0.717, 1.165) is 16.5 Å². The number of hydrogen-bond donors (Lipinski definition) is 1. The summed E-state index contributed by atoms with van der Waals surface area (Å²) in [5, 5.41) is 2.79. The van der Waals surface area contributed by atoms with Gasteiger partial charge in [0.2, 0.25) is 0 Å². The molecule has 2 rings (SSSR count). The van der Waals surface area contributed by atoms with Crippen LogP contribution in [-0.2, 0) is 20.8 Å². The summed E-state index contributed by atoms with van der Waals surface area (Å²) in [7, 11) is 1.77. The summed E-state index contributed by atoms with van der Waals surface area (Å²) in [6.45, 7) is 8.82. The Morgan fingerprint density at radius 2 is 1.96 bits per heavy atom. The van der Waals surface area contributed by atoms with Gasteiger partial charge in [-0.3, -0.25) is 9.63 Å². The molecule has 0 bridgehead atoms. The van der Waals surface area contributed by atoms with Crippen LogP contribution in [-0.4, -0.2) is 50.0 Å². The van der Waals surface area contributed by atoms with E-state index in [1.165, 1.54) is 7.11 Å². The van der Waals surface area contributed by atoms with Gasteiger partial charge in [-0.05, 0) is 18.6 Å². The zero-order valence-corrected chi connectivity index (χ0v) is 16.4. The molecule has 0 spiro atoms. The predicted octanol–water partition coefficient (Wildman–Crippen LogP) is 3.38. The highest BCUT2D eigenvalue weighted by atomic mass is 28.3. The largest absolute Gasteiger partial charge is 0.468 e. The first kappa shape index (κ1) is 18.7. The van der Waals surface area contributed by atoms with Crippen molar-refractivity contribution >= 4 is 24.9 Å². The molecule has 0 amide bonds. The second-order valence-electron chi connectivity index (χ2n) is 7.26. The number of para-hydroxylation sites is 1. The number of rotatable bonds is 7. The number of ether oxygens (including phenoxy) is 1. The molecule has 2 atom stereocenters. The van der Waals surface area contributed by atoms with E-state index in [0.29, 0.717) is 6.42 Å². The van der Waals surface area contributed by atoms with Crippen LogP contribution in [0.5, 0.6) is 0 Å². The number of hydroxylamine groups is 2. The number of esters is 1. The van der Waals surface area contributed by atoms with Crippen LogP contribution in [0, 0.1) is 0 Å². The van der Waals surface area contributed by atoms with Crippen LogP contribution in [0.25, 0.3) is 10.9 Å². The molecule has 132 valence electrons. The molecule has 0 radical (unpaired) electrons. The molecule has 6 heteroatoms. The molecule has 5 nitrogen and oxygen atoms in total. The number of hydrogen-bond acceptors (Lipinski definition) is 4. The van der Waals surface area contributed by atoms with Crippen LogP contribution >= 0.6 is 0 Å². The number of aromatic nitrogens is 1. The Balaban J connectivity index is 2.21. The summed E-state index contributed by atoms with van der Waals surface area (Å²) in [6, 6.07) is 7.60. The first-order valence-electron chi connectivity index (χ1n) is 8.26. The van der Waals surface area contributed by atoms with Gasteiger partial charge in [-0.25, -0.2) is 0 Å². The van der Waals surface area contributed by atoms with Crippen molar-refractivity contribution in [1.29, 1.82) is 0 Å². The van der Waals surface area contributed by atoms with Gasteiger partial charge >= 0.3 is 5.97 Å². The molecule has 24 heavy (non-hydrogen) atoms. The lowest BCUT2D eigenvalue weighted by Gasteiger charge is -2.32. The Morgan fingerprint density at radius 1 is 1.29 bits per heavy atom. The van der Waals surface area contributed by atoms with E-state index in [-0.39, 0.29) is 11.7 Å². The van der Waals surface area contributed by atoms with Crippen LogP contribution in [0.15, 0.2) is 30.5 Å². The number of carbonyl (C=O) groups excluding carboxylic acids is 1. The number of aromatic amines is 1. The van der Waals surface area contributed by atoms with Crippen LogP contribution in [0.2, 0.25) is 19.6 Å². The van der Waals surface area contributed by atoms with E-state index in [1.54, 1.807) is 5.06 Å². The number of fused-ring (bicyclic) bond motifs is 1. The zero-order valence-electron chi connectivity index (χ0n) is 15.4. The van der Waals surface area contributed by atoms with Gasteiger partial charge in [-0.15, -0.1) is 0 Å². The molecule has 0 fully saturated rings. The van der Waals surface area contributed by atoms with E-state index in [9.17, 15) is 4.79 Å². The van der Waals surface area contributed by atoms with E-state index in [2.05, 4.69) is 37.6 Å². The second kappa shape index (κ2) is 7.50. The van der Waals surface area contributed by atoms with Crippen molar-refractivity contribution < 1.29 is 14.4 Å². The SMILES string of the molecule is COC(=O)[C@H](Cc1c[nH]c2ccccc12)N(C)OC(C)[Si](C)(C)C. The Kier molecular flexibility index (Phi) is 5.85. The van der Waals surface area contributed by atoms with Gasteiger partial charge in [0.1, 0.15) is 6.04 Å². The molecule has 1 heterocycles. The topological polar surface area (TPSA) is 54.6 Å². The van der Waals surface area contributed by atoms with Gasteiger partial charge in [-0.2, -0.15) is 5.06 Å². The molecule has 1 N–H and O–H groups in total. The van der Waals surface area contributed by atoms with Crippen molar-refractivity contribution in [1.82, 2.24) is 10.0 Å². The van der Waals surface area contributed by atoms with Gasteiger partial charge in [0.25, 0.3) is 0 Å². The third-order valence-corrected chi connectivity index (χ3v) is 7.09. The number of nitrogens with zero attached hydrogens (tertiary/aromatic N) is 1. The van der Waals surface area contributed by atoms with Gasteiger partial charge in [-0.1, -0.05) is 37.8 Å². The van der Waals surface area contributed by atoms with Crippen molar-refractivity contribution in [2.45, 2.75) is 44.8 Å². The highest BCUT2D eigenvalue weighted by Gasteiger charge is 2.31. The maximum atomic E-state index is 12.3. The molecule has 0 aliphatic heterocycles. The number of H-pyrrole nitrogens is 1. The van der Waals surface area contributed by atoms with E-state index < -0.39 is 14.1 Å². The maximum Gasteiger partial charge on any atom is 0.325 e.